The fourth-order valence-corrected chi connectivity index (χ4v) is 4.46. The highest BCUT2D eigenvalue weighted by atomic mass is 14.9. The van der Waals surface area contributed by atoms with Crippen LogP contribution in [-0.2, 0) is 0 Å². The molecule has 2 aliphatic carbocycles. The molecule has 0 saturated heterocycles. The maximum Gasteiger partial charge on any atom is 0.0103 e. The van der Waals surface area contributed by atoms with Gasteiger partial charge in [-0.2, -0.15) is 0 Å². The molecule has 1 nitrogen and oxygen atoms in total. The van der Waals surface area contributed by atoms with E-state index < -0.39 is 0 Å². The number of hydrogen-bond donors (Lipinski definition) is 1. The van der Waals surface area contributed by atoms with Crippen molar-refractivity contribution >= 4 is 0 Å². The van der Waals surface area contributed by atoms with E-state index in [0.29, 0.717) is 0 Å². The first-order chi connectivity index (χ1) is 6.65. The molecule has 0 aromatic heterocycles. The zero-order valence-corrected chi connectivity index (χ0v) is 10.1. The van der Waals surface area contributed by atoms with Gasteiger partial charge in [-0.05, 0) is 49.0 Å². The summed E-state index contributed by atoms with van der Waals surface area (Å²) >= 11 is 0. The molecule has 2 fully saturated rings. The molecule has 0 aromatic carbocycles. The number of nitrogens with one attached hydrogen (secondary N) is 1. The van der Waals surface area contributed by atoms with Gasteiger partial charge < -0.3 is 5.32 Å². The Balaban J connectivity index is 2.12. The molecule has 1 heteroatoms. The van der Waals surface area contributed by atoms with Gasteiger partial charge in [0.05, 0.1) is 0 Å². The third-order valence-electron chi connectivity index (χ3n) is 4.72. The molecule has 2 saturated carbocycles. The molecule has 0 amide bonds. The summed E-state index contributed by atoms with van der Waals surface area (Å²) in [6, 6.07) is 0.819. The lowest BCUT2D eigenvalue weighted by Gasteiger charge is -2.24. The molecule has 0 bridgehead atoms. The largest absolute Gasteiger partial charge is 0.314 e. The molecule has 0 radical (unpaired) electrons. The molecule has 0 aromatic rings. The Morgan fingerprint density at radius 2 is 1.50 bits per heavy atom. The minimum Gasteiger partial charge on any atom is -0.314 e. The van der Waals surface area contributed by atoms with E-state index in [1.165, 1.54) is 12.8 Å². The molecule has 1 N–H and O–H groups in total. The molecular formula is C13H25N. The van der Waals surface area contributed by atoms with Crippen molar-refractivity contribution in [2.75, 3.05) is 6.54 Å². The first-order valence-corrected chi connectivity index (χ1v) is 6.38. The van der Waals surface area contributed by atoms with Crippen molar-refractivity contribution in [1.82, 2.24) is 5.32 Å². The average molecular weight is 195 g/mol. The van der Waals surface area contributed by atoms with Gasteiger partial charge in [-0.1, -0.05) is 27.7 Å². The second kappa shape index (κ2) is 3.84. The molecule has 0 spiro atoms. The van der Waals surface area contributed by atoms with Crippen molar-refractivity contribution in [2.45, 2.75) is 46.6 Å². The van der Waals surface area contributed by atoms with Gasteiger partial charge in [-0.25, -0.2) is 0 Å². The Morgan fingerprint density at radius 3 is 2.14 bits per heavy atom. The van der Waals surface area contributed by atoms with Crippen LogP contribution in [0.15, 0.2) is 0 Å². The maximum absolute atomic E-state index is 3.70. The molecule has 14 heavy (non-hydrogen) atoms. The molecule has 2 aliphatic rings. The zero-order chi connectivity index (χ0) is 10.3. The minimum atomic E-state index is 0.819. The Labute approximate surface area is 88.7 Å². The summed E-state index contributed by atoms with van der Waals surface area (Å²) in [5.74, 6) is 4.84. The van der Waals surface area contributed by atoms with Crippen LogP contribution < -0.4 is 5.32 Å². The van der Waals surface area contributed by atoms with Gasteiger partial charge in [0, 0.05) is 6.04 Å². The molecule has 0 aliphatic heterocycles. The SMILES string of the molecule is CCNC1CC(C)C2C(C)CC(C)C12. The first kappa shape index (κ1) is 10.5. The molecule has 6 atom stereocenters. The molecular weight excluding hydrogens is 170 g/mol. The van der Waals surface area contributed by atoms with Crippen LogP contribution in [0, 0.1) is 29.6 Å². The Hall–Kier alpha value is -0.0400. The molecule has 6 unspecified atom stereocenters. The lowest BCUT2D eigenvalue weighted by molar-refractivity contribution is 0.273. The number of rotatable bonds is 2. The van der Waals surface area contributed by atoms with Crippen molar-refractivity contribution < 1.29 is 0 Å². The van der Waals surface area contributed by atoms with Gasteiger partial charge in [0.2, 0.25) is 0 Å². The van der Waals surface area contributed by atoms with E-state index in [4.69, 9.17) is 0 Å². The van der Waals surface area contributed by atoms with E-state index in [9.17, 15) is 0 Å². The summed E-state index contributed by atoms with van der Waals surface area (Å²) in [5.41, 5.74) is 0. The Kier molecular flexibility index (Phi) is 2.88. The van der Waals surface area contributed by atoms with E-state index in [-0.39, 0.29) is 0 Å². The zero-order valence-electron chi connectivity index (χ0n) is 10.1. The highest BCUT2D eigenvalue weighted by molar-refractivity contribution is 5.01. The lowest BCUT2D eigenvalue weighted by Crippen LogP contribution is -2.35. The predicted molar refractivity (Wildman–Crippen MR) is 61.2 cm³/mol. The van der Waals surface area contributed by atoms with Crippen LogP contribution in [0.3, 0.4) is 0 Å². The predicted octanol–water partition coefficient (Wildman–Crippen LogP) is 2.91. The molecule has 82 valence electrons. The van der Waals surface area contributed by atoms with Gasteiger partial charge in [0.25, 0.3) is 0 Å². The highest BCUT2D eigenvalue weighted by Crippen LogP contribution is 2.53. The summed E-state index contributed by atoms with van der Waals surface area (Å²) < 4.78 is 0. The van der Waals surface area contributed by atoms with Crippen molar-refractivity contribution in [3.8, 4) is 0 Å². The third kappa shape index (κ3) is 1.50. The van der Waals surface area contributed by atoms with Crippen LogP contribution in [0.5, 0.6) is 0 Å². The van der Waals surface area contributed by atoms with Gasteiger partial charge in [-0.15, -0.1) is 0 Å². The maximum atomic E-state index is 3.70. The van der Waals surface area contributed by atoms with Crippen molar-refractivity contribution in [2.24, 2.45) is 29.6 Å². The van der Waals surface area contributed by atoms with E-state index >= 15 is 0 Å². The van der Waals surface area contributed by atoms with Crippen molar-refractivity contribution in [3.05, 3.63) is 0 Å². The Bertz CT molecular complexity index is 201. The quantitative estimate of drug-likeness (QED) is 0.714. The van der Waals surface area contributed by atoms with E-state index in [2.05, 4.69) is 33.0 Å². The molecule has 2 rings (SSSR count). The van der Waals surface area contributed by atoms with Crippen molar-refractivity contribution in [1.29, 1.82) is 0 Å². The first-order valence-electron chi connectivity index (χ1n) is 6.38. The highest BCUT2D eigenvalue weighted by Gasteiger charge is 2.50. The molecule has 0 heterocycles. The van der Waals surface area contributed by atoms with Gasteiger partial charge in [-0.3, -0.25) is 0 Å². The monoisotopic (exact) mass is 195 g/mol. The third-order valence-corrected chi connectivity index (χ3v) is 4.72. The summed E-state index contributed by atoms with van der Waals surface area (Å²) in [6.07, 6.45) is 2.87. The van der Waals surface area contributed by atoms with Crippen LogP contribution in [0.1, 0.15) is 40.5 Å². The van der Waals surface area contributed by atoms with Crippen LogP contribution in [-0.4, -0.2) is 12.6 Å². The van der Waals surface area contributed by atoms with Crippen LogP contribution in [0.2, 0.25) is 0 Å². The fourth-order valence-electron chi connectivity index (χ4n) is 4.46. The topological polar surface area (TPSA) is 12.0 Å². The Morgan fingerprint density at radius 1 is 0.929 bits per heavy atom. The minimum absolute atomic E-state index is 0.819. The van der Waals surface area contributed by atoms with E-state index in [1.807, 2.05) is 0 Å². The van der Waals surface area contributed by atoms with Crippen molar-refractivity contribution in [3.63, 3.8) is 0 Å². The standard InChI is InChI=1S/C13H25N/c1-5-14-11-7-10(4)12-8(2)6-9(3)13(11)12/h8-14H,5-7H2,1-4H3. The second-order valence-electron chi connectivity index (χ2n) is 5.72. The lowest BCUT2D eigenvalue weighted by atomic mass is 9.85. The fraction of sp³-hybridized carbons (Fsp3) is 1.00. The van der Waals surface area contributed by atoms with Crippen LogP contribution in [0.4, 0.5) is 0 Å². The summed E-state index contributed by atoms with van der Waals surface area (Å²) in [6.45, 7) is 10.8. The summed E-state index contributed by atoms with van der Waals surface area (Å²) in [5, 5.41) is 3.70. The second-order valence-corrected chi connectivity index (χ2v) is 5.72. The number of fused-ring (bicyclic) bond motifs is 1. The van der Waals surface area contributed by atoms with Gasteiger partial charge in [0.1, 0.15) is 0 Å². The van der Waals surface area contributed by atoms with Crippen LogP contribution in [0.25, 0.3) is 0 Å². The van der Waals surface area contributed by atoms with Gasteiger partial charge >= 0.3 is 0 Å². The smallest absolute Gasteiger partial charge is 0.0103 e. The summed E-state index contributed by atoms with van der Waals surface area (Å²) in [7, 11) is 0. The number of hydrogen-bond acceptors (Lipinski definition) is 1. The van der Waals surface area contributed by atoms with E-state index in [1.54, 1.807) is 0 Å². The van der Waals surface area contributed by atoms with Gasteiger partial charge in [0.15, 0.2) is 0 Å². The van der Waals surface area contributed by atoms with E-state index in [0.717, 1.165) is 42.2 Å². The normalized spacial score (nSPS) is 52.3. The summed E-state index contributed by atoms with van der Waals surface area (Å²) in [4.78, 5) is 0. The average Bonchev–Trinajstić information content (AvgIpc) is 2.56. The van der Waals surface area contributed by atoms with Crippen LogP contribution >= 0.6 is 0 Å².